The second kappa shape index (κ2) is 7.60. The van der Waals surface area contributed by atoms with Crippen LogP contribution in [-0.4, -0.2) is 19.1 Å². The number of benzene rings is 2. The van der Waals surface area contributed by atoms with Gasteiger partial charge < -0.3 is 15.5 Å². The first-order valence-electron chi connectivity index (χ1n) is 9.16. The van der Waals surface area contributed by atoms with Gasteiger partial charge in [-0.15, -0.1) is 0 Å². The third-order valence-electron chi connectivity index (χ3n) is 5.14. The number of urea groups is 1. The first kappa shape index (κ1) is 17.3. The minimum atomic E-state index is -0.216. The predicted molar refractivity (Wildman–Crippen MR) is 104 cm³/mol. The summed E-state index contributed by atoms with van der Waals surface area (Å²) in [5.74, 6) is 0. The van der Waals surface area contributed by atoms with Crippen LogP contribution in [0.25, 0.3) is 0 Å². The number of hydrogen-bond acceptors (Lipinski definition) is 2. The zero-order chi connectivity index (χ0) is 17.7. The summed E-state index contributed by atoms with van der Waals surface area (Å²) >= 11 is 0. The van der Waals surface area contributed by atoms with E-state index in [0.717, 1.165) is 38.0 Å². The van der Waals surface area contributed by atoms with Crippen LogP contribution in [0.15, 0.2) is 54.6 Å². The Kier molecular flexibility index (Phi) is 5.27. The Morgan fingerprint density at radius 3 is 2.16 bits per heavy atom. The number of carbonyl (C=O) groups is 1. The lowest BCUT2D eigenvalue weighted by Crippen LogP contribution is -2.52. The Balaban J connectivity index is 1.64. The van der Waals surface area contributed by atoms with E-state index in [1.807, 2.05) is 30.3 Å². The molecule has 3 rings (SSSR count). The monoisotopic (exact) mass is 337 g/mol. The molecule has 0 bridgehead atoms. The molecule has 0 atom stereocenters. The van der Waals surface area contributed by atoms with Gasteiger partial charge in [0.2, 0.25) is 0 Å². The lowest BCUT2D eigenvalue weighted by atomic mass is 9.72. The van der Waals surface area contributed by atoms with Crippen LogP contribution in [0.1, 0.15) is 38.7 Å². The van der Waals surface area contributed by atoms with E-state index in [2.05, 4.69) is 53.6 Å². The maximum absolute atomic E-state index is 12.5. The molecule has 0 heterocycles. The van der Waals surface area contributed by atoms with E-state index >= 15 is 0 Å². The molecule has 2 N–H and O–H groups in total. The van der Waals surface area contributed by atoms with Gasteiger partial charge in [-0.1, -0.05) is 30.3 Å². The number of carbonyl (C=O) groups excluding carboxylic acids is 1. The summed E-state index contributed by atoms with van der Waals surface area (Å²) in [6, 6.07) is 18.1. The highest BCUT2D eigenvalue weighted by atomic mass is 16.2. The van der Waals surface area contributed by atoms with Crippen LogP contribution in [0, 0.1) is 0 Å². The highest BCUT2D eigenvalue weighted by Crippen LogP contribution is 2.41. The van der Waals surface area contributed by atoms with E-state index in [9.17, 15) is 4.79 Å². The summed E-state index contributed by atoms with van der Waals surface area (Å²) < 4.78 is 0. The molecule has 2 aromatic rings. The van der Waals surface area contributed by atoms with Crippen LogP contribution >= 0.6 is 0 Å². The van der Waals surface area contributed by atoms with Crippen LogP contribution in [0.2, 0.25) is 0 Å². The lowest BCUT2D eigenvalue weighted by Gasteiger charge is -2.43. The van der Waals surface area contributed by atoms with E-state index in [-0.39, 0.29) is 11.6 Å². The number of anilines is 2. The summed E-state index contributed by atoms with van der Waals surface area (Å²) in [5.41, 5.74) is 2.96. The van der Waals surface area contributed by atoms with Gasteiger partial charge in [-0.05, 0) is 62.9 Å². The third-order valence-corrected chi connectivity index (χ3v) is 5.14. The Morgan fingerprint density at radius 1 is 1.00 bits per heavy atom. The van der Waals surface area contributed by atoms with Crippen molar-refractivity contribution in [3.8, 4) is 0 Å². The highest BCUT2D eigenvalue weighted by molar-refractivity contribution is 5.90. The Labute approximate surface area is 150 Å². The molecule has 0 aliphatic heterocycles. The molecule has 1 fully saturated rings. The first-order chi connectivity index (χ1) is 12.2. The maximum Gasteiger partial charge on any atom is 0.319 e. The fourth-order valence-corrected chi connectivity index (χ4v) is 3.50. The molecule has 0 radical (unpaired) electrons. The van der Waals surface area contributed by atoms with Crippen LogP contribution in [0.4, 0.5) is 16.2 Å². The van der Waals surface area contributed by atoms with Crippen LogP contribution < -0.4 is 15.5 Å². The normalized spacial score (nSPS) is 15.1. The van der Waals surface area contributed by atoms with Gasteiger partial charge in [0.25, 0.3) is 0 Å². The summed E-state index contributed by atoms with van der Waals surface area (Å²) in [6.45, 7) is 6.24. The van der Waals surface area contributed by atoms with Crippen LogP contribution in [-0.2, 0) is 5.54 Å². The zero-order valence-corrected chi connectivity index (χ0v) is 15.1. The van der Waals surface area contributed by atoms with Gasteiger partial charge in [0.05, 0.1) is 5.54 Å². The zero-order valence-electron chi connectivity index (χ0n) is 15.1. The molecule has 0 spiro atoms. The van der Waals surface area contributed by atoms with Crippen LogP contribution in [0.3, 0.4) is 0 Å². The molecule has 1 aliphatic rings. The van der Waals surface area contributed by atoms with Gasteiger partial charge in [-0.25, -0.2) is 4.79 Å². The van der Waals surface area contributed by atoms with Gasteiger partial charge >= 0.3 is 6.03 Å². The Morgan fingerprint density at radius 2 is 1.64 bits per heavy atom. The SMILES string of the molecule is CCN(CC)c1ccc(NC(=O)NC2(c3ccccc3)CCC2)cc1. The van der Waals surface area contributed by atoms with Crippen molar-refractivity contribution in [1.29, 1.82) is 0 Å². The molecular weight excluding hydrogens is 310 g/mol. The molecule has 2 amide bonds. The van der Waals surface area contributed by atoms with Crippen molar-refractivity contribution in [1.82, 2.24) is 5.32 Å². The molecule has 1 saturated carbocycles. The Hall–Kier alpha value is -2.49. The van der Waals surface area contributed by atoms with Gasteiger partial charge in [0.1, 0.15) is 0 Å². The molecule has 4 heteroatoms. The standard InChI is InChI=1S/C21H27N3O/c1-3-24(4-2)19-13-11-18(12-14-19)22-20(25)23-21(15-8-16-21)17-9-6-5-7-10-17/h5-7,9-14H,3-4,8,15-16H2,1-2H3,(H2,22,23,25). The van der Waals surface area contributed by atoms with Gasteiger partial charge in [0, 0.05) is 24.5 Å². The van der Waals surface area contributed by atoms with Crippen molar-refractivity contribution in [2.24, 2.45) is 0 Å². The van der Waals surface area contributed by atoms with Crippen molar-refractivity contribution in [2.45, 2.75) is 38.6 Å². The molecule has 0 unspecified atom stereocenters. The largest absolute Gasteiger partial charge is 0.372 e. The van der Waals surface area contributed by atoms with Gasteiger partial charge in [-0.2, -0.15) is 0 Å². The topological polar surface area (TPSA) is 44.4 Å². The second-order valence-electron chi connectivity index (χ2n) is 6.60. The van der Waals surface area contributed by atoms with Gasteiger partial charge in [-0.3, -0.25) is 0 Å². The molecular formula is C21H27N3O. The summed E-state index contributed by atoms with van der Waals surface area (Å²) in [5, 5.41) is 6.16. The van der Waals surface area contributed by atoms with Crippen molar-refractivity contribution in [3.05, 3.63) is 60.2 Å². The molecule has 1 aliphatic carbocycles. The number of rotatable bonds is 6. The average molecular weight is 337 g/mol. The fraction of sp³-hybridized carbons (Fsp3) is 0.381. The van der Waals surface area contributed by atoms with E-state index in [1.165, 1.54) is 11.3 Å². The number of nitrogens with one attached hydrogen (secondary N) is 2. The number of hydrogen-bond donors (Lipinski definition) is 2. The molecule has 132 valence electrons. The predicted octanol–water partition coefficient (Wildman–Crippen LogP) is 4.73. The van der Waals surface area contributed by atoms with E-state index in [4.69, 9.17) is 0 Å². The summed E-state index contributed by atoms with van der Waals surface area (Å²) in [6.07, 6.45) is 3.13. The van der Waals surface area contributed by atoms with Gasteiger partial charge in [0.15, 0.2) is 0 Å². The fourth-order valence-electron chi connectivity index (χ4n) is 3.50. The molecule has 25 heavy (non-hydrogen) atoms. The van der Waals surface area contributed by atoms with Crippen molar-refractivity contribution in [3.63, 3.8) is 0 Å². The van der Waals surface area contributed by atoms with Crippen molar-refractivity contribution >= 4 is 17.4 Å². The molecule has 2 aromatic carbocycles. The van der Waals surface area contributed by atoms with E-state index < -0.39 is 0 Å². The maximum atomic E-state index is 12.5. The van der Waals surface area contributed by atoms with Crippen molar-refractivity contribution in [2.75, 3.05) is 23.3 Å². The second-order valence-corrected chi connectivity index (χ2v) is 6.60. The molecule has 4 nitrogen and oxygen atoms in total. The lowest BCUT2D eigenvalue weighted by molar-refractivity contribution is 0.185. The van der Waals surface area contributed by atoms with E-state index in [0.29, 0.717) is 0 Å². The van der Waals surface area contributed by atoms with Crippen LogP contribution in [0.5, 0.6) is 0 Å². The minimum Gasteiger partial charge on any atom is -0.372 e. The number of nitrogens with zero attached hydrogens (tertiary/aromatic N) is 1. The highest BCUT2D eigenvalue weighted by Gasteiger charge is 2.39. The third kappa shape index (κ3) is 3.78. The summed E-state index contributed by atoms with van der Waals surface area (Å²) in [4.78, 5) is 14.8. The first-order valence-corrected chi connectivity index (χ1v) is 9.16. The molecule has 0 aromatic heterocycles. The molecule has 0 saturated heterocycles. The smallest absolute Gasteiger partial charge is 0.319 e. The van der Waals surface area contributed by atoms with E-state index in [1.54, 1.807) is 0 Å². The average Bonchev–Trinajstić information content (AvgIpc) is 2.61. The van der Waals surface area contributed by atoms with Crippen molar-refractivity contribution < 1.29 is 4.79 Å². The Bertz CT molecular complexity index is 689. The quantitative estimate of drug-likeness (QED) is 0.800. The number of amides is 2. The minimum absolute atomic E-state index is 0.140. The summed E-state index contributed by atoms with van der Waals surface area (Å²) in [7, 11) is 0.